The highest BCUT2D eigenvalue weighted by atomic mass is 35.5. The SMILES string of the molecule is Cn1c(=O)n(C)c2cc(NC(=O)[C@H]3CN(S(=O)(=O)c4ccc(Cl)cc4)c4ccccc4O3)ccc21. The first-order valence-corrected chi connectivity index (χ1v) is 12.5. The minimum atomic E-state index is -3.99. The van der Waals surface area contributed by atoms with E-state index in [1.54, 1.807) is 56.6 Å². The first-order chi connectivity index (χ1) is 16.7. The number of ether oxygens (including phenoxy) is 1. The summed E-state index contributed by atoms with van der Waals surface area (Å²) >= 11 is 5.92. The van der Waals surface area contributed by atoms with Crippen molar-refractivity contribution in [1.29, 1.82) is 0 Å². The number of amides is 1. The van der Waals surface area contributed by atoms with Gasteiger partial charge in [-0.2, -0.15) is 0 Å². The minimum Gasteiger partial charge on any atom is -0.476 e. The molecule has 2 heterocycles. The van der Waals surface area contributed by atoms with Crippen molar-refractivity contribution < 1.29 is 17.9 Å². The molecule has 0 radical (unpaired) electrons. The molecule has 1 aliphatic rings. The van der Waals surface area contributed by atoms with Crippen LogP contribution in [0.25, 0.3) is 11.0 Å². The number of hydrogen-bond donors (Lipinski definition) is 1. The number of nitrogens with zero attached hydrogens (tertiary/aromatic N) is 3. The predicted molar refractivity (Wildman–Crippen MR) is 134 cm³/mol. The van der Waals surface area contributed by atoms with Gasteiger partial charge in [0.15, 0.2) is 6.10 Å². The Morgan fingerprint density at radius 3 is 2.43 bits per heavy atom. The summed E-state index contributed by atoms with van der Waals surface area (Å²) in [7, 11) is -0.672. The average Bonchev–Trinajstić information content (AvgIpc) is 3.07. The van der Waals surface area contributed by atoms with Crippen LogP contribution in [0.3, 0.4) is 0 Å². The van der Waals surface area contributed by atoms with E-state index in [0.717, 1.165) is 5.52 Å². The number of anilines is 2. The van der Waals surface area contributed by atoms with Crippen molar-refractivity contribution in [3.8, 4) is 5.75 Å². The Balaban J connectivity index is 1.46. The zero-order valence-electron chi connectivity index (χ0n) is 18.8. The monoisotopic (exact) mass is 512 g/mol. The summed E-state index contributed by atoms with van der Waals surface area (Å²) in [6, 6.07) is 17.6. The molecule has 0 fully saturated rings. The van der Waals surface area contributed by atoms with Crippen LogP contribution in [-0.2, 0) is 28.9 Å². The molecule has 180 valence electrons. The normalized spacial score (nSPS) is 15.5. The molecule has 35 heavy (non-hydrogen) atoms. The number of halogens is 1. The first-order valence-electron chi connectivity index (χ1n) is 10.7. The van der Waals surface area contributed by atoms with E-state index < -0.39 is 22.0 Å². The molecule has 0 unspecified atom stereocenters. The van der Waals surface area contributed by atoms with Gasteiger partial charge in [-0.15, -0.1) is 0 Å². The van der Waals surface area contributed by atoms with Crippen molar-refractivity contribution in [2.75, 3.05) is 16.2 Å². The lowest BCUT2D eigenvalue weighted by Crippen LogP contribution is -2.48. The van der Waals surface area contributed by atoms with Gasteiger partial charge in [0.1, 0.15) is 5.75 Å². The van der Waals surface area contributed by atoms with Gasteiger partial charge in [0.05, 0.1) is 28.2 Å². The van der Waals surface area contributed by atoms with Crippen molar-refractivity contribution in [3.05, 3.63) is 82.2 Å². The van der Waals surface area contributed by atoms with Crippen LogP contribution in [0.15, 0.2) is 76.4 Å². The van der Waals surface area contributed by atoms with E-state index in [-0.39, 0.29) is 22.9 Å². The van der Waals surface area contributed by atoms with E-state index in [0.29, 0.717) is 21.9 Å². The molecule has 0 saturated heterocycles. The number of carbonyl (C=O) groups is 1. The lowest BCUT2D eigenvalue weighted by molar-refractivity contribution is -0.122. The van der Waals surface area contributed by atoms with E-state index in [2.05, 4.69) is 5.32 Å². The number of sulfonamides is 1. The van der Waals surface area contributed by atoms with Gasteiger partial charge >= 0.3 is 5.69 Å². The molecule has 0 spiro atoms. The number of nitrogens with one attached hydrogen (secondary N) is 1. The fourth-order valence-corrected chi connectivity index (χ4v) is 5.71. The van der Waals surface area contributed by atoms with Crippen LogP contribution in [0.4, 0.5) is 11.4 Å². The molecular weight excluding hydrogens is 492 g/mol. The van der Waals surface area contributed by atoms with Crippen molar-refractivity contribution in [2.45, 2.75) is 11.0 Å². The average molecular weight is 513 g/mol. The molecule has 5 rings (SSSR count). The Morgan fingerprint density at radius 1 is 1.00 bits per heavy atom. The minimum absolute atomic E-state index is 0.0493. The van der Waals surface area contributed by atoms with Gasteiger partial charge in [-0.25, -0.2) is 13.2 Å². The Hall–Kier alpha value is -3.76. The van der Waals surface area contributed by atoms with Crippen LogP contribution in [-0.4, -0.2) is 36.1 Å². The second kappa shape index (κ2) is 8.47. The van der Waals surface area contributed by atoms with Crippen LogP contribution < -0.4 is 20.0 Å². The molecule has 1 aliphatic heterocycles. The highest BCUT2D eigenvalue weighted by Crippen LogP contribution is 2.37. The smallest absolute Gasteiger partial charge is 0.328 e. The second-order valence-corrected chi connectivity index (χ2v) is 10.5. The molecule has 11 heteroatoms. The molecule has 4 aromatic rings. The summed E-state index contributed by atoms with van der Waals surface area (Å²) in [6.45, 7) is -0.222. The third-order valence-corrected chi connectivity index (χ3v) is 8.01. The maximum absolute atomic E-state index is 13.5. The number of hydrogen-bond acceptors (Lipinski definition) is 5. The molecule has 3 aromatic carbocycles. The zero-order valence-corrected chi connectivity index (χ0v) is 20.4. The quantitative estimate of drug-likeness (QED) is 0.452. The van der Waals surface area contributed by atoms with Crippen molar-refractivity contribution in [3.63, 3.8) is 0 Å². The van der Waals surface area contributed by atoms with Gasteiger partial charge in [-0.1, -0.05) is 23.7 Å². The molecule has 0 aliphatic carbocycles. The van der Waals surface area contributed by atoms with Crippen molar-refractivity contribution >= 4 is 49.9 Å². The van der Waals surface area contributed by atoms with Gasteiger partial charge in [0.25, 0.3) is 15.9 Å². The summed E-state index contributed by atoms with van der Waals surface area (Å²) in [4.78, 5) is 25.4. The predicted octanol–water partition coefficient (Wildman–Crippen LogP) is 3.13. The molecule has 0 bridgehead atoms. The molecule has 9 nitrogen and oxygen atoms in total. The van der Waals surface area contributed by atoms with Gasteiger partial charge in [-0.05, 0) is 54.6 Å². The van der Waals surface area contributed by atoms with Crippen molar-refractivity contribution in [1.82, 2.24) is 9.13 Å². The molecular formula is C24H21ClN4O5S. The molecule has 1 amide bonds. The third kappa shape index (κ3) is 3.94. The van der Waals surface area contributed by atoms with Gasteiger partial charge in [0.2, 0.25) is 0 Å². The van der Waals surface area contributed by atoms with E-state index in [4.69, 9.17) is 16.3 Å². The Labute approximate surface area is 206 Å². The zero-order chi connectivity index (χ0) is 24.9. The third-order valence-electron chi connectivity index (χ3n) is 5.97. The van der Waals surface area contributed by atoms with Gasteiger partial charge < -0.3 is 10.1 Å². The number of rotatable bonds is 4. The molecule has 1 atom stereocenters. The number of benzene rings is 3. The standard InChI is InChI=1S/C24H21ClN4O5S/c1-27-18-12-9-16(13-20(18)28(2)24(27)31)26-23(30)22-14-29(19-5-3-4-6-21(19)34-22)35(32,33)17-10-7-15(25)8-11-17/h3-13,22H,14H2,1-2H3,(H,26,30)/t22-/m1/s1. The molecule has 0 saturated carbocycles. The van der Waals surface area contributed by atoms with Crippen LogP contribution in [0.1, 0.15) is 0 Å². The van der Waals surface area contributed by atoms with E-state index in [9.17, 15) is 18.0 Å². The summed E-state index contributed by atoms with van der Waals surface area (Å²) in [5.41, 5.74) is 1.99. The van der Waals surface area contributed by atoms with E-state index >= 15 is 0 Å². The highest BCUT2D eigenvalue weighted by molar-refractivity contribution is 7.92. The van der Waals surface area contributed by atoms with E-state index in [1.807, 2.05) is 0 Å². The summed E-state index contributed by atoms with van der Waals surface area (Å²) in [6.07, 6.45) is -1.11. The maximum Gasteiger partial charge on any atom is 0.328 e. The lowest BCUT2D eigenvalue weighted by Gasteiger charge is -2.34. The van der Waals surface area contributed by atoms with Gasteiger partial charge in [0, 0.05) is 24.8 Å². The van der Waals surface area contributed by atoms with E-state index in [1.165, 1.54) is 37.7 Å². The lowest BCUT2D eigenvalue weighted by atomic mass is 10.2. The van der Waals surface area contributed by atoms with Crippen LogP contribution >= 0.6 is 11.6 Å². The summed E-state index contributed by atoms with van der Waals surface area (Å²) in [5.74, 6) is -0.242. The fraction of sp³-hybridized carbons (Fsp3) is 0.167. The fourth-order valence-electron chi connectivity index (χ4n) is 4.11. The van der Waals surface area contributed by atoms with Gasteiger partial charge in [-0.3, -0.25) is 18.2 Å². The Bertz CT molecular complexity index is 1630. The van der Waals surface area contributed by atoms with Crippen LogP contribution in [0.5, 0.6) is 5.75 Å². The number of para-hydroxylation sites is 2. The highest BCUT2D eigenvalue weighted by Gasteiger charge is 2.37. The number of fused-ring (bicyclic) bond motifs is 2. The van der Waals surface area contributed by atoms with Crippen LogP contribution in [0, 0.1) is 0 Å². The second-order valence-electron chi connectivity index (χ2n) is 8.16. The number of imidazole rings is 1. The molecule has 1 aromatic heterocycles. The Kier molecular flexibility index (Phi) is 5.57. The first kappa shape index (κ1) is 23.0. The number of carbonyl (C=O) groups excluding carboxylic acids is 1. The summed E-state index contributed by atoms with van der Waals surface area (Å²) in [5, 5.41) is 3.20. The summed E-state index contributed by atoms with van der Waals surface area (Å²) < 4.78 is 37.0. The number of aryl methyl sites for hydroxylation is 2. The van der Waals surface area contributed by atoms with Crippen molar-refractivity contribution in [2.24, 2.45) is 14.1 Å². The number of aromatic nitrogens is 2. The topological polar surface area (TPSA) is 103 Å². The van der Waals surface area contributed by atoms with Crippen LogP contribution in [0.2, 0.25) is 5.02 Å². The maximum atomic E-state index is 13.5. The largest absolute Gasteiger partial charge is 0.476 e. The Morgan fingerprint density at radius 2 is 1.69 bits per heavy atom. The molecule has 1 N–H and O–H groups in total.